The Morgan fingerprint density at radius 3 is 2.00 bits per heavy atom. The predicted octanol–water partition coefficient (Wildman–Crippen LogP) is 3.92. The average Bonchev–Trinajstić information content (AvgIpc) is 2.57. The van der Waals surface area contributed by atoms with Gasteiger partial charge in [0.05, 0.1) is 16.9 Å². The van der Waals surface area contributed by atoms with Crippen molar-refractivity contribution >= 4 is 17.2 Å². The third kappa shape index (κ3) is 2.66. The maximum absolute atomic E-state index is 12.5. The summed E-state index contributed by atoms with van der Waals surface area (Å²) in [7, 11) is 0. The highest BCUT2D eigenvalue weighted by atomic mass is 16.3. The molecular weight excluding hydrogens is 304 g/mol. The zero-order valence-corrected chi connectivity index (χ0v) is 11.3. The van der Waals surface area contributed by atoms with Crippen LogP contribution >= 0.6 is 0 Å². The van der Waals surface area contributed by atoms with Crippen molar-refractivity contribution in [3.8, 4) is 17.2 Å². The molecule has 10 nitrogen and oxygen atoms in total. The lowest BCUT2D eigenvalue weighted by molar-refractivity contribution is 0.103. The number of hydrogen-bond donors (Lipinski definition) is 3. The molecule has 0 bridgehead atoms. The second-order valence-corrected chi connectivity index (χ2v) is 4.19. The molecule has 0 aromatic heterocycles. The zero-order chi connectivity index (χ0) is 17.0. The van der Waals surface area contributed by atoms with Gasteiger partial charge in [-0.1, -0.05) is 40.6 Å². The van der Waals surface area contributed by atoms with Crippen LogP contribution in [-0.4, -0.2) is 21.1 Å². The van der Waals surface area contributed by atoms with Crippen molar-refractivity contribution in [2.45, 2.75) is 0 Å². The molecule has 0 saturated carbocycles. The summed E-state index contributed by atoms with van der Waals surface area (Å²) in [6.07, 6.45) is 0. The number of carbonyl (C=O) groups excluding carboxylic acids is 1. The molecule has 3 N–H and O–H groups in total. The lowest BCUT2D eigenvalue weighted by Crippen LogP contribution is -2.02. The van der Waals surface area contributed by atoms with E-state index in [2.05, 4.69) is 20.1 Å². The highest BCUT2D eigenvalue weighted by molar-refractivity contribution is 6.16. The number of ketones is 1. The molecule has 2 rings (SSSR count). The molecule has 0 saturated heterocycles. The van der Waals surface area contributed by atoms with Gasteiger partial charge in [-0.05, 0) is 11.1 Å². The van der Waals surface area contributed by atoms with E-state index in [0.717, 1.165) is 0 Å². The molecule has 114 valence electrons. The third-order valence-corrected chi connectivity index (χ3v) is 2.92. The molecule has 0 fully saturated rings. The first kappa shape index (κ1) is 15.5. The van der Waals surface area contributed by atoms with E-state index in [-0.39, 0.29) is 5.56 Å². The fourth-order valence-corrected chi connectivity index (χ4v) is 1.92. The largest absolute Gasteiger partial charge is 0.504 e. The topological polar surface area (TPSA) is 175 Å². The summed E-state index contributed by atoms with van der Waals surface area (Å²) >= 11 is 0. The van der Waals surface area contributed by atoms with E-state index in [1.54, 1.807) is 18.2 Å². The summed E-state index contributed by atoms with van der Waals surface area (Å²) in [5.74, 6) is -3.86. The monoisotopic (exact) mass is 312 g/mol. The molecule has 0 radical (unpaired) electrons. The highest BCUT2D eigenvalue weighted by Crippen LogP contribution is 2.52. The molecule has 0 spiro atoms. The van der Waals surface area contributed by atoms with Crippen molar-refractivity contribution < 1.29 is 20.1 Å². The molecule has 0 aliphatic heterocycles. The minimum atomic E-state index is -1.07. The van der Waals surface area contributed by atoms with Gasteiger partial charge < -0.3 is 15.3 Å². The number of phenols is 3. The van der Waals surface area contributed by atoms with Crippen LogP contribution in [0, 0.1) is 0 Å². The number of aromatic hydroxyl groups is 3. The standard InChI is InChI=1S/C13H8N6O4/c14-18-16-8-7(10(20)6-4-2-1-3-5-6)11(21)13(23)12(22)9(8)17-19-15/h1-5,21-23H. The van der Waals surface area contributed by atoms with Gasteiger partial charge in [-0.3, -0.25) is 4.79 Å². The van der Waals surface area contributed by atoms with Crippen LogP contribution in [0.15, 0.2) is 40.6 Å². The molecule has 0 atom stereocenters. The van der Waals surface area contributed by atoms with Gasteiger partial charge in [-0.2, -0.15) is 0 Å². The summed E-state index contributed by atoms with van der Waals surface area (Å²) < 4.78 is 0. The summed E-state index contributed by atoms with van der Waals surface area (Å²) in [6, 6.07) is 7.64. The van der Waals surface area contributed by atoms with Gasteiger partial charge in [0.25, 0.3) is 0 Å². The number of rotatable bonds is 4. The van der Waals surface area contributed by atoms with E-state index in [1.165, 1.54) is 12.1 Å². The lowest BCUT2D eigenvalue weighted by Gasteiger charge is -2.13. The third-order valence-electron chi connectivity index (χ3n) is 2.92. The van der Waals surface area contributed by atoms with Crippen molar-refractivity contribution in [1.82, 2.24) is 0 Å². The van der Waals surface area contributed by atoms with Crippen LogP contribution in [-0.2, 0) is 0 Å². The maximum atomic E-state index is 12.5. The normalized spacial score (nSPS) is 9.57. The van der Waals surface area contributed by atoms with Gasteiger partial charge >= 0.3 is 0 Å². The number of nitrogens with zero attached hydrogens (tertiary/aromatic N) is 6. The Hall–Kier alpha value is -3.87. The Kier molecular flexibility index (Phi) is 4.23. The van der Waals surface area contributed by atoms with Crippen LogP contribution in [0.5, 0.6) is 17.2 Å². The van der Waals surface area contributed by atoms with Crippen LogP contribution in [0.4, 0.5) is 11.4 Å². The molecule has 10 heteroatoms. The summed E-state index contributed by atoms with van der Waals surface area (Å²) in [5, 5.41) is 35.7. The first-order chi connectivity index (χ1) is 11.0. The Morgan fingerprint density at radius 1 is 0.870 bits per heavy atom. The summed E-state index contributed by atoms with van der Waals surface area (Å²) in [6.45, 7) is 0. The van der Waals surface area contributed by atoms with E-state index >= 15 is 0 Å². The van der Waals surface area contributed by atoms with Crippen LogP contribution in [0.2, 0.25) is 0 Å². The van der Waals surface area contributed by atoms with Gasteiger partial charge in [0.1, 0.15) is 0 Å². The van der Waals surface area contributed by atoms with E-state index in [9.17, 15) is 20.1 Å². The zero-order valence-electron chi connectivity index (χ0n) is 11.3. The van der Waals surface area contributed by atoms with Crippen molar-refractivity contribution in [2.24, 2.45) is 10.2 Å². The number of azide groups is 2. The quantitative estimate of drug-likeness (QED) is 0.255. The van der Waals surface area contributed by atoms with Gasteiger partial charge in [-0.25, -0.2) is 0 Å². The first-order valence-electron chi connectivity index (χ1n) is 6.03. The van der Waals surface area contributed by atoms with Crippen LogP contribution < -0.4 is 0 Å². The minimum absolute atomic E-state index is 0.120. The second kappa shape index (κ2) is 6.27. The fraction of sp³-hybridized carbons (Fsp3) is 0. The van der Waals surface area contributed by atoms with Gasteiger partial charge in [0.2, 0.25) is 5.75 Å². The van der Waals surface area contributed by atoms with E-state index in [4.69, 9.17) is 11.1 Å². The van der Waals surface area contributed by atoms with E-state index in [0.29, 0.717) is 0 Å². The Labute approximate surface area is 128 Å². The van der Waals surface area contributed by atoms with Crippen molar-refractivity contribution in [3.63, 3.8) is 0 Å². The molecule has 2 aromatic carbocycles. The molecule has 0 aliphatic carbocycles. The number of carbonyl (C=O) groups is 1. The SMILES string of the molecule is [N-]=[N+]=Nc1c(O)c(O)c(O)c(C(=O)c2ccccc2)c1N=[N+]=[N-]. The molecule has 0 amide bonds. The van der Waals surface area contributed by atoms with E-state index < -0.39 is 40.0 Å². The van der Waals surface area contributed by atoms with Crippen molar-refractivity contribution in [2.75, 3.05) is 0 Å². The fourth-order valence-electron chi connectivity index (χ4n) is 1.92. The van der Waals surface area contributed by atoms with Gasteiger partial charge in [0, 0.05) is 15.4 Å². The van der Waals surface area contributed by atoms with Gasteiger partial charge in [-0.15, -0.1) is 0 Å². The molecule has 0 heterocycles. The van der Waals surface area contributed by atoms with Gasteiger partial charge in [0.15, 0.2) is 17.3 Å². The second-order valence-electron chi connectivity index (χ2n) is 4.19. The van der Waals surface area contributed by atoms with Crippen molar-refractivity contribution in [3.05, 3.63) is 62.3 Å². The lowest BCUT2D eigenvalue weighted by atomic mass is 9.98. The molecular formula is C13H8N6O4. The number of hydrogen-bond acceptors (Lipinski definition) is 6. The first-order valence-corrected chi connectivity index (χ1v) is 6.03. The predicted molar refractivity (Wildman–Crippen MR) is 78.9 cm³/mol. The number of benzene rings is 2. The molecule has 23 heavy (non-hydrogen) atoms. The Bertz CT molecular complexity index is 883. The van der Waals surface area contributed by atoms with Crippen LogP contribution in [0.1, 0.15) is 15.9 Å². The number of phenolic OH excluding ortho intramolecular Hbond substituents is 3. The summed E-state index contributed by atoms with van der Waals surface area (Å²) in [5.41, 5.74) is 15.4. The minimum Gasteiger partial charge on any atom is -0.504 e. The summed E-state index contributed by atoms with van der Waals surface area (Å²) in [4.78, 5) is 17.4. The van der Waals surface area contributed by atoms with Crippen molar-refractivity contribution in [1.29, 1.82) is 0 Å². The smallest absolute Gasteiger partial charge is 0.201 e. The van der Waals surface area contributed by atoms with Crippen LogP contribution in [0.3, 0.4) is 0 Å². The maximum Gasteiger partial charge on any atom is 0.201 e. The Balaban J connectivity index is 2.89. The van der Waals surface area contributed by atoms with E-state index in [1.807, 2.05) is 0 Å². The average molecular weight is 312 g/mol. The van der Waals surface area contributed by atoms with Crippen LogP contribution in [0.25, 0.3) is 20.9 Å². The molecule has 2 aromatic rings. The molecule has 0 unspecified atom stereocenters. The molecule has 0 aliphatic rings. The Morgan fingerprint density at radius 2 is 1.43 bits per heavy atom. The highest BCUT2D eigenvalue weighted by Gasteiger charge is 2.27.